The SMILES string of the molecule is O=C(NCc1noc(C2CCCO2)n1)C1(Cc2ccccc2F)CNC1. The van der Waals surface area contributed by atoms with Crippen LogP contribution in [0.15, 0.2) is 28.8 Å². The molecule has 2 N–H and O–H groups in total. The number of aromatic nitrogens is 2. The van der Waals surface area contributed by atoms with Crippen molar-refractivity contribution in [2.24, 2.45) is 5.41 Å². The summed E-state index contributed by atoms with van der Waals surface area (Å²) in [6, 6.07) is 6.56. The smallest absolute Gasteiger partial charge is 0.255 e. The average Bonchev–Trinajstić information content (AvgIpc) is 3.28. The van der Waals surface area contributed by atoms with Gasteiger partial charge in [0.15, 0.2) is 5.82 Å². The lowest BCUT2D eigenvalue weighted by Crippen LogP contribution is -2.62. The topological polar surface area (TPSA) is 89.3 Å². The zero-order valence-electron chi connectivity index (χ0n) is 14.3. The second-order valence-electron chi connectivity index (χ2n) is 6.89. The van der Waals surface area contributed by atoms with E-state index in [2.05, 4.69) is 20.8 Å². The molecule has 2 saturated heterocycles. The van der Waals surface area contributed by atoms with Crippen molar-refractivity contribution in [2.45, 2.75) is 31.9 Å². The number of amides is 1. The molecule has 2 aliphatic heterocycles. The van der Waals surface area contributed by atoms with Gasteiger partial charge in [-0.15, -0.1) is 0 Å². The molecular formula is C18H21FN4O3. The Bertz CT molecular complexity index is 784. The van der Waals surface area contributed by atoms with E-state index in [0.717, 1.165) is 12.8 Å². The summed E-state index contributed by atoms with van der Waals surface area (Å²) in [6.45, 7) is 1.90. The van der Waals surface area contributed by atoms with Gasteiger partial charge < -0.3 is 19.9 Å². The molecule has 1 atom stereocenters. The van der Waals surface area contributed by atoms with Crippen LogP contribution in [0.2, 0.25) is 0 Å². The van der Waals surface area contributed by atoms with Gasteiger partial charge in [-0.05, 0) is 30.9 Å². The fraction of sp³-hybridized carbons (Fsp3) is 0.500. The van der Waals surface area contributed by atoms with Crippen molar-refractivity contribution < 1.29 is 18.4 Å². The molecule has 2 aliphatic rings. The average molecular weight is 360 g/mol. The first-order valence-electron chi connectivity index (χ1n) is 8.83. The summed E-state index contributed by atoms with van der Waals surface area (Å²) in [4.78, 5) is 17.0. The maximum Gasteiger partial charge on any atom is 0.255 e. The zero-order chi connectivity index (χ0) is 18.0. The molecule has 26 heavy (non-hydrogen) atoms. The molecule has 1 aromatic carbocycles. The molecule has 7 nitrogen and oxygen atoms in total. The molecule has 4 rings (SSSR count). The normalized spacial score (nSPS) is 21.3. The summed E-state index contributed by atoms with van der Waals surface area (Å²) in [5.41, 5.74) is -0.104. The summed E-state index contributed by atoms with van der Waals surface area (Å²) in [5, 5.41) is 9.87. The highest BCUT2D eigenvalue weighted by atomic mass is 19.1. The largest absolute Gasteiger partial charge is 0.368 e. The van der Waals surface area contributed by atoms with Crippen LogP contribution in [-0.4, -0.2) is 35.7 Å². The van der Waals surface area contributed by atoms with Crippen molar-refractivity contribution in [1.29, 1.82) is 0 Å². The third kappa shape index (κ3) is 3.34. The second kappa shape index (κ2) is 7.13. The predicted molar refractivity (Wildman–Crippen MR) is 89.5 cm³/mol. The van der Waals surface area contributed by atoms with Crippen LogP contribution in [-0.2, 0) is 22.5 Å². The minimum atomic E-state index is -0.649. The molecule has 1 amide bonds. The minimum absolute atomic E-state index is 0.136. The maximum atomic E-state index is 13.9. The lowest BCUT2D eigenvalue weighted by molar-refractivity contribution is -0.134. The molecule has 0 bridgehead atoms. The Balaban J connectivity index is 1.38. The molecular weight excluding hydrogens is 339 g/mol. The van der Waals surface area contributed by atoms with E-state index in [-0.39, 0.29) is 24.4 Å². The molecule has 2 fully saturated rings. The van der Waals surface area contributed by atoms with Gasteiger partial charge in [0.25, 0.3) is 5.89 Å². The summed E-state index contributed by atoms with van der Waals surface area (Å²) >= 11 is 0. The van der Waals surface area contributed by atoms with Gasteiger partial charge in [0.05, 0.1) is 12.0 Å². The summed E-state index contributed by atoms with van der Waals surface area (Å²) in [6.07, 6.45) is 2.05. The van der Waals surface area contributed by atoms with E-state index in [1.54, 1.807) is 18.2 Å². The van der Waals surface area contributed by atoms with Crippen LogP contribution >= 0.6 is 0 Å². The number of carbonyl (C=O) groups excluding carboxylic acids is 1. The van der Waals surface area contributed by atoms with E-state index in [0.29, 0.717) is 43.4 Å². The number of carbonyl (C=O) groups is 1. The first-order chi connectivity index (χ1) is 12.7. The van der Waals surface area contributed by atoms with Gasteiger partial charge in [0.2, 0.25) is 5.91 Å². The van der Waals surface area contributed by atoms with E-state index >= 15 is 0 Å². The molecule has 1 unspecified atom stereocenters. The number of hydrogen-bond acceptors (Lipinski definition) is 6. The van der Waals surface area contributed by atoms with E-state index in [1.807, 2.05) is 0 Å². The van der Waals surface area contributed by atoms with Crippen molar-refractivity contribution in [3.05, 3.63) is 47.4 Å². The quantitative estimate of drug-likeness (QED) is 0.812. The molecule has 1 aromatic heterocycles. The van der Waals surface area contributed by atoms with Gasteiger partial charge in [-0.1, -0.05) is 23.4 Å². The van der Waals surface area contributed by atoms with Crippen LogP contribution < -0.4 is 10.6 Å². The van der Waals surface area contributed by atoms with E-state index in [9.17, 15) is 9.18 Å². The van der Waals surface area contributed by atoms with Gasteiger partial charge in [-0.2, -0.15) is 4.98 Å². The highest BCUT2D eigenvalue weighted by molar-refractivity contribution is 5.84. The van der Waals surface area contributed by atoms with Crippen LogP contribution in [0.4, 0.5) is 4.39 Å². The van der Waals surface area contributed by atoms with E-state index in [1.165, 1.54) is 6.07 Å². The third-order valence-electron chi connectivity index (χ3n) is 4.99. The van der Waals surface area contributed by atoms with Crippen molar-refractivity contribution >= 4 is 5.91 Å². The molecule has 0 aliphatic carbocycles. The number of ether oxygens (including phenoxy) is 1. The summed E-state index contributed by atoms with van der Waals surface area (Å²) in [7, 11) is 0. The Morgan fingerprint density at radius 1 is 1.38 bits per heavy atom. The highest BCUT2D eigenvalue weighted by Crippen LogP contribution is 2.30. The zero-order valence-corrected chi connectivity index (χ0v) is 14.3. The lowest BCUT2D eigenvalue weighted by Gasteiger charge is -2.41. The van der Waals surface area contributed by atoms with Crippen LogP contribution in [0.5, 0.6) is 0 Å². The number of nitrogens with zero attached hydrogens (tertiary/aromatic N) is 2. The molecule has 138 valence electrons. The van der Waals surface area contributed by atoms with Crippen molar-refractivity contribution in [3.8, 4) is 0 Å². The Labute approximate surface area is 150 Å². The monoisotopic (exact) mass is 360 g/mol. The van der Waals surface area contributed by atoms with Crippen LogP contribution in [0, 0.1) is 11.2 Å². The summed E-state index contributed by atoms with van der Waals surface area (Å²) in [5.74, 6) is 0.448. The molecule has 8 heteroatoms. The fourth-order valence-corrected chi connectivity index (χ4v) is 3.39. The van der Waals surface area contributed by atoms with Crippen molar-refractivity contribution in [3.63, 3.8) is 0 Å². The molecule has 0 spiro atoms. The van der Waals surface area contributed by atoms with E-state index in [4.69, 9.17) is 9.26 Å². The summed E-state index contributed by atoms with van der Waals surface area (Å²) < 4.78 is 24.7. The van der Waals surface area contributed by atoms with Crippen molar-refractivity contribution in [1.82, 2.24) is 20.8 Å². The molecule has 0 radical (unpaired) electrons. The molecule has 3 heterocycles. The lowest BCUT2D eigenvalue weighted by atomic mass is 9.75. The Kier molecular flexibility index (Phi) is 4.69. The standard InChI is InChI=1S/C18H21FN4O3/c19-13-5-2-1-4-12(13)8-18(10-20-11-18)17(24)21-9-15-22-16(26-23-15)14-6-3-7-25-14/h1-2,4-5,14,20H,3,6-11H2,(H,21,24). The highest BCUT2D eigenvalue weighted by Gasteiger charge is 2.44. The first kappa shape index (κ1) is 17.1. The van der Waals surface area contributed by atoms with Gasteiger partial charge >= 0.3 is 0 Å². The molecule has 2 aromatic rings. The minimum Gasteiger partial charge on any atom is -0.368 e. The number of benzene rings is 1. The van der Waals surface area contributed by atoms with E-state index < -0.39 is 5.41 Å². The Morgan fingerprint density at radius 2 is 2.23 bits per heavy atom. The number of nitrogens with one attached hydrogen (secondary N) is 2. The maximum absolute atomic E-state index is 13.9. The number of rotatable bonds is 6. The predicted octanol–water partition coefficient (Wildman–Crippen LogP) is 1.51. The second-order valence-corrected chi connectivity index (χ2v) is 6.89. The van der Waals surface area contributed by atoms with Crippen LogP contribution in [0.1, 0.15) is 36.2 Å². The van der Waals surface area contributed by atoms with Crippen molar-refractivity contribution in [2.75, 3.05) is 19.7 Å². The first-order valence-corrected chi connectivity index (χ1v) is 8.83. The number of hydrogen-bond donors (Lipinski definition) is 2. The van der Waals surface area contributed by atoms with Gasteiger partial charge in [-0.3, -0.25) is 4.79 Å². The van der Waals surface area contributed by atoms with Crippen LogP contribution in [0.3, 0.4) is 0 Å². The van der Waals surface area contributed by atoms with Gasteiger partial charge in [0, 0.05) is 19.7 Å². The Morgan fingerprint density at radius 3 is 2.92 bits per heavy atom. The van der Waals surface area contributed by atoms with Gasteiger partial charge in [0.1, 0.15) is 11.9 Å². The van der Waals surface area contributed by atoms with Crippen LogP contribution in [0.25, 0.3) is 0 Å². The third-order valence-corrected chi connectivity index (χ3v) is 4.99. The fourth-order valence-electron chi connectivity index (χ4n) is 3.39. The Hall–Kier alpha value is -2.32. The molecule has 0 saturated carbocycles. The van der Waals surface area contributed by atoms with Gasteiger partial charge in [-0.25, -0.2) is 4.39 Å². The number of halogens is 1.